The molecule has 6 rings (SSSR count). The first-order valence-corrected chi connectivity index (χ1v) is 15.9. The van der Waals surface area contributed by atoms with Crippen LogP contribution in [0, 0.1) is 24.2 Å². The smallest absolute Gasteiger partial charge is 0.457 e. The molecule has 0 aromatic heterocycles. The molecule has 2 heterocycles. The molecule has 0 radical (unpaired) electrons. The number of aliphatic hydroxyl groups excluding tert-OH is 1. The van der Waals surface area contributed by atoms with Gasteiger partial charge in [0.2, 0.25) is 5.91 Å². The SMILES string of the molecule is C=C/C(O)=C\C=C\CC(=O)N1CC(Oc2ccc(CCB3O[C@@H]4C[C@@H]5C[C@@H](C5(C)C)[C@]4(C)O3)c(C)c2C(=O)OC(C)(C)C)C1. The minimum absolute atomic E-state index is 0.0303. The summed E-state index contributed by atoms with van der Waals surface area (Å²) in [7, 11) is -0.266. The van der Waals surface area contributed by atoms with Crippen molar-refractivity contribution >= 4 is 19.0 Å². The number of carbonyl (C=O) groups is 2. The van der Waals surface area contributed by atoms with Crippen molar-refractivity contribution in [3.05, 3.63) is 65.5 Å². The number of ether oxygens (including phenoxy) is 2. The van der Waals surface area contributed by atoms with Crippen molar-refractivity contribution in [3.8, 4) is 5.75 Å². The van der Waals surface area contributed by atoms with E-state index >= 15 is 0 Å². The molecule has 3 saturated carbocycles. The van der Waals surface area contributed by atoms with Gasteiger partial charge in [0.05, 0.1) is 24.8 Å². The summed E-state index contributed by atoms with van der Waals surface area (Å²) >= 11 is 0. The average molecular weight is 606 g/mol. The molecular weight excluding hydrogens is 557 g/mol. The maximum atomic E-state index is 13.5. The predicted octanol–water partition coefficient (Wildman–Crippen LogP) is 6.38. The Bertz CT molecular complexity index is 1360. The minimum atomic E-state index is -0.659. The largest absolute Gasteiger partial charge is 0.508 e. The number of hydrogen-bond donors (Lipinski definition) is 1. The highest BCUT2D eigenvalue weighted by Gasteiger charge is 2.67. The Labute approximate surface area is 262 Å². The molecule has 44 heavy (non-hydrogen) atoms. The third-order valence-electron chi connectivity index (χ3n) is 10.2. The van der Waals surface area contributed by atoms with Crippen LogP contribution < -0.4 is 4.74 Å². The molecule has 5 aliphatic rings. The number of carbonyl (C=O) groups excluding carboxylic acids is 2. The topological polar surface area (TPSA) is 94.5 Å². The monoisotopic (exact) mass is 605 g/mol. The van der Waals surface area contributed by atoms with Gasteiger partial charge in [-0.1, -0.05) is 38.6 Å². The maximum Gasteiger partial charge on any atom is 0.457 e. The van der Waals surface area contributed by atoms with Crippen LogP contribution in [0.15, 0.2) is 48.8 Å². The summed E-state index contributed by atoms with van der Waals surface area (Å²) in [4.78, 5) is 27.7. The highest BCUT2D eigenvalue weighted by molar-refractivity contribution is 6.45. The van der Waals surface area contributed by atoms with Gasteiger partial charge in [-0.3, -0.25) is 4.79 Å². The molecule has 1 amide bonds. The number of likely N-dealkylation sites (tertiary alicyclic amines) is 1. The van der Waals surface area contributed by atoms with E-state index in [4.69, 9.17) is 18.8 Å². The molecule has 1 aromatic rings. The summed E-state index contributed by atoms with van der Waals surface area (Å²) in [5, 5.41) is 9.41. The molecule has 0 spiro atoms. The van der Waals surface area contributed by atoms with Gasteiger partial charge in [0.1, 0.15) is 28.8 Å². The van der Waals surface area contributed by atoms with E-state index in [1.807, 2.05) is 39.8 Å². The number of aliphatic hydroxyl groups is 1. The van der Waals surface area contributed by atoms with Crippen molar-refractivity contribution in [2.45, 2.75) is 104 Å². The number of amides is 1. The van der Waals surface area contributed by atoms with E-state index in [9.17, 15) is 14.7 Å². The minimum Gasteiger partial charge on any atom is -0.508 e. The van der Waals surface area contributed by atoms with Gasteiger partial charge in [-0.25, -0.2) is 4.79 Å². The highest BCUT2D eigenvalue weighted by atomic mass is 16.7. The second kappa shape index (κ2) is 12.0. The van der Waals surface area contributed by atoms with Crippen LogP contribution in [0.3, 0.4) is 0 Å². The normalized spacial score (nSPS) is 27.9. The molecule has 1 aromatic carbocycles. The van der Waals surface area contributed by atoms with Crippen molar-refractivity contribution in [3.63, 3.8) is 0 Å². The standard InChI is InChI=1S/C35H48BNO7/c1-9-25(38)12-10-11-13-30(39)37-20-26(21-37)41-27-15-14-23(22(2)31(27)32(40)42-33(3,4)5)16-17-36-43-29-19-24-18-28(34(24,6)7)35(29,8)44-36/h9-12,14-15,24,26,28-29,38H,1,13,16-21H2,2-8H3/b11-10+,25-12+/t24-,28-,29+,35-/m0/s1. The van der Waals surface area contributed by atoms with Gasteiger partial charge in [0.15, 0.2) is 0 Å². The van der Waals surface area contributed by atoms with Crippen molar-refractivity contribution in [2.24, 2.45) is 17.3 Å². The van der Waals surface area contributed by atoms with Crippen molar-refractivity contribution in [2.75, 3.05) is 13.1 Å². The summed E-state index contributed by atoms with van der Waals surface area (Å²) in [6.07, 6.45) is 9.96. The van der Waals surface area contributed by atoms with Crippen LogP contribution in [0.4, 0.5) is 0 Å². The Morgan fingerprint density at radius 2 is 1.93 bits per heavy atom. The Balaban J connectivity index is 1.23. The number of rotatable bonds is 10. The molecule has 5 fully saturated rings. The van der Waals surface area contributed by atoms with Gasteiger partial charge in [0.25, 0.3) is 0 Å². The molecule has 0 unspecified atom stereocenters. The van der Waals surface area contributed by atoms with Crippen LogP contribution in [0.1, 0.15) is 82.3 Å². The van der Waals surface area contributed by atoms with Crippen LogP contribution in [0.25, 0.3) is 0 Å². The van der Waals surface area contributed by atoms with E-state index in [1.54, 1.807) is 17.1 Å². The van der Waals surface area contributed by atoms with Gasteiger partial charge in [-0.05, 0) is 107 Å². The second-order valence-electron chi connectivity index (χ2n) is 14.6. The number of benzene rings is 1. The maximum absolute atomic E-state index is 13.5. The Kier molecular flexibility index (Phi) is 8.86. The fourth-order valence-corrected chi connectivity index (χ4v) is 7.46. The van der Waals surface area contributed by atoms with Gasteiger partial charge >= 0.3 is 13.1 Å². The van der Waals surface area contributed by atoms with Crippen LogP contribution in [-0.4, -0.2) is 65.5 Å². The molecule has 2 aliphatic heterocycles. The Hall–Kier alpha value is -3.04. The Morgan fingerprint density at radius 3 is 2.59 bits per heavy atom. The van der Waals surface area contributed by atoms with Crippen molar-refractivity contribution < 1.29 is 33.5 Å². The first-order valence-electron chi connectivity index (χ1n) is 15.9. The van der Waals surface area contributed by atoms with Crippen LogP contribution in [0.5, 0.6) is 5.75 Å². The first kappa shape index (κ1) is 32.4. The third kappa shape index (κ3) is 6.36. The zero-order valence-corrected chi connectivity index (χ0v) is 27.4. The lowest BCUT2D eigenvalue weighted by atomic mass is 9.43. The first-order chi connectivity index (χ1) is 20.6. The highest BCUT2D eigenvalue weighted by Crippen LogP contribution is 2.65. The van der Waals surface area contributed by atoms with Crippen LogP contribution in [-0.2, 0) is 25.3 Å². The molecule has 2 saturated heterocycles. The lowest BCUT2D eigenvalue weighted by molar-refractivity contribution is -0.199. The molecule has 4 atom stereocenters. The zero-order valence-electron chi connectivity index (χ0n) is 27.4. The van der Waals surface area contributed by atoms with Crippen LogP contribution >= 0.6 is 0 Å². The molecule has 1 N–H and O–H groups in total. The van der Waals surface area contributed by atoms with E-state index in [-0.39, 0.29) is 43.0 Å². The summed E-state index contributed by atoms with van der Waals surface area (Å²) in [6, 6.07) is 3.86. The second-order valence-corrected chi connectivity index (χ2v) is 14.6. The van der Waals surface area contributed by atoms with Gasteiger partial charge in [-0.15, -0.1) is 0 Å². The summed E-state index contributed by atoms with van der Waals surface area (Å²) < 4.78 is 25.1. The summed E-state index contributed by atoms with van der Waals surface area (Å²) in [5.74, 6) is 1.28. The lowest BCUT2D eigenvalue weighted by Crippen LogP contribution is -2.65. The summed E-state index contributed by atoms with van der Waals surface area (Å²) in [6.45, 7) is 18.8. The molecule has 8 nitrogen and oxygen atoms in total. The van der Waals surface area contributed by atoms with Crippen molar-refractivity contribution in [1.29, 1.82) is 0 Å². The molecule has 238 valence electrons. The Morgan fingerprint density at radius 1 is 1.20 bits per heavy atom. The molecular formula is C35H48BNO7. The molecule has 3 aliphatic carbocycles. The molecule has 9 heteroatoms. The predicted molar refractivity (Wildman–Crippen MR) is 171 cm³/mol. The number of allylic oxidation sites excluding steroid dienone is 3. The van der Waals surface area contributed by atoms with E-state index in [0.717, 1.165) is 17.5 Å². The van der Waals surface area contributed by atoms with E-state index < -0.39 is 11.6 Å². The number of hydrogen-bond acceptors (Lipinski definition) is 7. The quantitative estimate of drug-likeness (QED) is 0.143. The van der Waals surface area contributed by atoms with Gasteiger partial charge < -0.3 is 28.8 Å². The number of esters is 1. The summed E-state index contributed by atoms with van der Waals surface area (Å²) in [5.41, 5.74) is 1.69. The average Bonchev–Trinajstić information content (AvgIpc) is 3.26. The van der Waals surface area contributed by atoms with Crippen LogP contribution in [0.2, 0.25) is 6.32 Å². The van der Waals surface area contributed by atoms with E-state index in [0.29, 0.717) is 54.4 Å². The number of aryl methyl sites for hydroxylation is 1. The fourth-order valence-electron chi connectivity index (χ4n) is 7.46. The lowest BCUT2D eigenvalue weighted by Gasteiger charge is -2.64. The fraction of sp³-hybridized carbons (Fsp3) is 0.600. The van der Waals surface area contributed by atoms with Gasteiger partial charge in [0, 0.05) is 6.42 Å². The zero-order chi connectivity index (χ0) is 32.0. The third-order valence-corrected chi connectivity index (χ3v) is 10.2. The van der Waals surface area contributed by atoms with Crippen molar-refractivity contribution in [1.82, 2.24) is 4.90 Å². The van der Waals surface area contributed by atoms with Gasteiger partial charge in [-0.2, -0.15) is 0 Å². The van der Waals surface area contributed by atoms with E-state index in [1.165, 1.54) is 18.6 Å². The number of nitrogens with zero attached hydrogens (tertiary/aromatic N) is 1. The van der Waals surface area contributed by atoms with E-state index in [2.05, 4.69) is 27.4 Å². The molecule has 2 bridgehead atoms.